The van der Waals surface area contributed by atoms with Crippen molar-refractivity contribution in [2.45, 2.75) is 12.8 Å². The second kappa shape index (κ2) is 11.3. The molecule has 33 heavy (non-hydrogen) atoms. The summed E-state index contributed by atoms with van der Waals surface area (Å²) in [6.45, 7) is 0.369. The molecule has 2 N–H and O–H groups in total. The third-order valence-corrected chi connectivity index (χ3v) is 6.01. The Balaban J connectivity index is 1.39. The van der Waals surface area contributed by atoms with Crippen molar-refractivity contribution in [3.05, 3.63) is 46.2 Å². The van der Waals surface area contributed by atoms with Gasteiger partial charge < -0.3 is 19.1 Å². The highest BCUT2D eigenvalue weighted by Crippen LogP contribution is 2.27. The van der Waals surface area contributed by atoms with Gasteiger partial charge in [-0.2, -0.15) is 0 Å². The smallest absolute Gasteiger partial charge is 0.309 e. The number of likely N-dealkylation sites (tertiary alicyclic amines) is 1. The van der Waals surface area contributed by atoms with Crippen molar-refractivity contribution >= 4 is 35.0 Å². The quantitative estimate of drug-likeness (QED) is 0.461. The molecule has 1 aromatic heterocycles. The molecule has 3 rings (SSSR count). The van der Waals surface area contributed by atoms with Crippen LogP contribution in [0, 0.1) is 5.92 Å². The monoisotopic (exact) mass is 475 g/mol. The molecule has 1 saturated heterocycles. The normalized spacial score (nSPS) is 13.7. The van der Waals surface area contributed by atoms with E-state index < -0.39 is 24.4 Å². The Morgan fingerprint density at radius 2 is 1.76 bits per heavy atom. The number of nitrogens with one attached hydrogen (secondary N) is 2. The number of ether oxygens (including phenoxy) is 3. The Labute approximate surface area is 194 Å². The van der Waals surface area contributed by atoms with Crippen molar-refractivity contribution in [1.29, 1.82) is 0 Å². The molecule has 0 atom stereocenters. The fourth-order valence-electron chi connectivity index (χ4n) is 3.34. The number of esters is 1. The Hall–Kier alpha value is -3.60. The van der Waals surface area contributed by atoms with Gasteiger partial charge in [0.1, 0.15) is 0 Å². The Kier molecular flexibility index (Phi) is 8.25. The van der Waals surface area contributed by atoms with Crippen LogP contribution >= 0.6 is 11.3 Å². The largest absolute Gasteiger partial charge is 0.493 e. The van der Waals surface area contributed by atoms with E-state index in [2.05, 4.69) is 10.9 Å². The molecule has 10 nitrogen and oxygen atoms in total. The van der Waals surface area contributed by atoms with Crippen molar-refractivity contribution in [2.24, 2.45) is 5.92 Å². The van der Waals surface area contributed by atoms with Crippen LogP contribution in [0.4, 0.5) is 0 Å². The summed E-state index contributed by atoms with van der Waals surface area (Å²) in [5, 5.41) is 1.85. The van der Waals surface area contributed by atoms with Gasteiger partial charge in [0.05, 0.1) is 25.0 Å². The topological polar surface area (TPSA) is 123 Å². The van der Waals surface area contributed by atoms with E-state index >= 15 is 0 Å². The van der Waals surface area contributed by atoms with Crippen LogP contribution in [-0.2, 0) is 14.3 Å². The summed E-state index contributed by atoms with van der Waals surface area (Å²) >= 11 is 1.38. The van der Waals surface area contributed by atoms with E-state index in [-0.39, 0.29) is 17.4 Å². The third kappa shape index (κ3) is 6.22. The summed E-state index contributed by atoms with van der Waals surface area (Å²) in [5.41, 5.74) is 4.70. The summed E-state index contributed by atoms with van der Waals surface area (Å²) in [6, 6.07) is 8.14. The second-order valence-electron chi connectivity index (χ2n) is 7.22. The lowest BCUT2D eigenvalue weighted by atomic mass is 9.97. The highest BCUT2D eigenvalue weighted by atomic mass is 32.1. The predicted molar refractivity (Wildman–Crippen MR) is 119 cm³/mol. The zero-order chi connectivity index (χ0) is 23.8. The maximum absolute atomic E-state index is 12.4. The van der Waals surface area contributed by atoms with Crippen LogP contribution in [0.5, 0.6) is 11.5 Å². The summed E-state index contributed by atoms with van der Waals surface area (Å²) in [5.74, 6) is -1.34. The van der Waals surface area contributed by atoms with Gasteiger partial charge in [-0.15, -0.1) is 11.3 Å². The maximum atomic E-state index is 12.4. The van der Waals surface area contributed by atoms with Gasteiger partial charge in [-0.25, -0.2) is 0 Å². The number of methoxy groups -OCH3 is 2. The number of hydrazine groups is 1. The predicted octanol–water partition coefficient (Wildman–Crippen LogP) is 1.62. The standard InChI is InChI=1S/C22H25N3O7S/c1-30-16-6-5-15(12-17(16)31-2)20(27)24-23-19(26)13-32-22(29)14-7-9-25(10-8-14)21(28)18-4-3-11-33-18/h3-6,11-12,14H,7-10,13H2,1-2H3,(H,23,26)(H,24,27). The van der Waals surface area contributed by atoms with Gasteiger partial charge >= 0.3 is 5.97 Å². The number of thiophene rings is 1. The second-order valence-corrected chi connectivity index (χ2v) is 8.17. The molecule has 0 saturated carbocycles. The fourth-order valence-corrected chi connectivity index (χ4v) is 4.03. The summed E-state index contributed by atoms with van der Waals surface area (Å²) in [4.78, 5) is 51.2. The minimum Gasteiger partial charge on any atom is -0.493 e. The number of amides is 3. The first-order valence-electron chi connectivity index (χ1n) is 10.2. The van der Waals surface area contributed by atoms with Crippen LogP contribution < -0.4 is 20.3 Å². The molecule has 0 bridgehead atoms. The lowest BCUT2D eigenvalue weighted by Crippen LogP contribution is -2.44. The number of nitrogens with zero attached hydrogens (tertiary/aromatic N) is 1. The molecule has 0 spiro atoms. The molecule has 0 radical (unpaired) electrons. The molecule has 2 heterocycles. The van der Waals surface area contributed by atoms with Gasteiger partial charge in [0.25, 0.3) is 17.7 Å². The lowest BCUT2D eigenvalue weighted by molar-refractivity contribution is -0.154. The maximum Gasteiger partial charge on any atom is 0.309 e. The number of hydrogen-bond acceptors (Lipinski definition) is 8. The van der Waals surface area contributed by atoms with E-state index in [4.69, 9.17) is 14.2 Å². The van der Waals surface area contributed by atoms with Crippen LogP contribution in [-0.4, -0.2) is 62.5 Å². The van der Waals surface area contributed by atoms with Gasteiger partial charge in [0, 0.05) is 18.7 Å². The number of piperidine rings is 1. The molecule has 1 aliphatic heterocycles. The van der Waals surface area contributed by atoms with Crippen molar-refractivity contribution in [3.63, 3.8) is 0 Å². The average molecular weight is 476 g/mol. The van der Waals surface area contributed by atoms with Crippen molar-refractivity contribution in [3.8, 4) is 11.5 Å². The molecule has 0 unspecified atom stereocenters. The molecule has 1 aromatic carbocycles. The highest BCUT2D eigenvalue weighted by Gasteiger charge is 2.29. The van der Waals surface area contributed by atoms with Crippen LogP contribution in [0.1, 0.15) is 32.9 Å². The van der Waals surface area contributed by atoms with E-state index in [0.29, 0.717) is 42.3 Å². The third-order valence-electron chi connectivity index (χ3n) is 5.15. The number of rotatable bonds is 7. The van der Waals surface area contributed by atoms with Crippen LogP contribution in [0.2, 0.25) is 0 Å². The molecule has 176 valence electrons. The first-order chi connectivity index (χ1) is 15.9. The van der Waals surface area contributed by atoms with Crippen molar-refractivity contribution in [2.75, 3.05) is 33.9 Å². The van der Waals surface area contributed by atoms with Crippen LogP contribution in [0.15, 0.2) is 35.7 Å². The Morgan fingerprint density at radius 3 is 2.39 bits per heavy atom. The molecule has 0 aliphatic carbocycles. The summed E-state index contributed by atoms with van der Waals surface area (Å²) in [6.07, 6.45) is 0.932. The molecular weight excluding hydrogens is 450 g/mol. The highest BCUT2D eigenvalue weighted by molar-refractivity contribution is 7.12. The molecule has 1 aliphatic rings. The number of carbonyl (C=O) groups excluding carboxylic acids is 4. The SMILES string of the molecule is COc1ccc(C(=O)NNC(=O)COC(=O)C2CCN(C(=O)c3cccs3)CC2)cc1OC. The first kappa shape index (κ1) is 24.1. The van der Waals surface area contributed by atoms with Crippen molar-refractivity contribution in [1.82, 2.24) is 15.8 Å². The summed E-state index contributed by atoms with van der Waals surface area (Å²) < 4.78 is 15.3. The first-order valence-corrected chi connectivity index (χ1v) is 11.1. The summed E-state index contributed by atoms with van der Waals surface area (Å²) in [7, 11) is 2.92. The molecule has 2 aromatic rings. The Morgan fingerprint density at radius 1 is 1.03 bits per heavy atom. The van der Waals surface area contributed by atoms with E-state index in [0.717, 1.165) is 0 Å². The fraction of sp³-hybridized carbons (Fsp3) is 0.364. The molecular formula is C22H25N3O7S. The molecule has 11 heteroatoms. The van der Waals surface area contributed by atoms with Gasteiger partial charge in [0.15, 0.2) is 18.1 Å². The lowest BCUT2D eigenvalue weighted by Gasteiger charge is -2.30. The number of hydrogen-bond donors (Lipinski definition) is 2. The molecule has 3 amide bonds. The van der Waals surface area contributed by atoms with E-state index in [1.165, 1.54) is 37.7 Å². The minimum absolute atomic E-state index is 0.0404. The zero-order valence-corrected chi connectivity index (χ0v) is 19.1. The van der Waals surface area contributed by atoms with Crippen LogP contribution in [0.3, 0.4) is 0 Å². The van der Waals surface area contributed by atoms with Crippen LogP contribution in [0.25, 0.3) is 0 Å². The Bertz CT molecular complexity index is 1000. The van der Waals surface area contributed by atoms with Gasteiger partial charge in [-0.1, -0.05) is 6.07 Å². The number of benzene rings is 1. The van der Waals surface area contributed by atoms with E-state index in [1.807, 2.05) is 11.4 Å². The minimum atomic E-state index is -0.678. The van der Waals surface area contributed by atoms with Gasteiger partial charge in [-0.05, 0) is 42.5 Å². The van der Waals surface area contributed by atoms with Gasteiger partial charge in [-0.3, -0.25) is 30.0 Å². The van der Waals surface area contributed by atoms with Gasteiger partial charge in [0.2, 0.25) is 0 Å². The zero-order valence-electron chi connectivity index (χ0n) is 18.3. The number of carbonyl (C=O) groups is 4. The van der Waals surface area contributed by atoms with Crippen molar-refractivity contribution < 1.29 is 33.4 Å². The average Bonchev–Trinajstić information content (AvgIpc) is 3.40. The van der Waals surface area contributed by atoms with E-state index in [9.17, 15) is 19.2 Å². The van der Waals surface area contributed by atoms with E-state index in [1.54, 1.807) is 17.0 Å². The molecule has 1 fully saturated rings.